The van der Waals surface area contributed by atoms with E-state index in [2.05, 4.69) is 0 Å². The van der Waals surface area contributed by atoms with Crippen LogP contribution in [0.3, 0.4) is 0 Å². The van der Waals surface area contributed by atoms with E-state index in [0.29, 0.717) is 5.56 Å². The third kappa shape index (κ3) is 9.51. The van der Waals surface area contributed by atoms with Crippen molar-refractivity contribution >= 4 is 35.8 Å². The SMILES string of the molecule is CC(=O)OC[C@H]1OCC(OC(C)=O)(Oc2cc(CO)ccc2O[C@@H]2O[C@H](COC(C)=O)[C@@H](OC(C)=O)[C@H]2OC(C)=O)C1OC(C)=O. The summed E-state index contributed by atoms with van der Waals surface area (Å²) >= 11 is 0. The van der Waals surface area contributed by atoms with Crippen molar-refractivity contribution in [3.63, 3.8) is 0 Å². The molecule has 17 heteroatoms. The lowest BCUT2D eigenvalue weighted by Crippen LogP contribution is -2.54. The lowest BCUT2D eigenvalue weighted by molar-refractivity contribution is -0.228. The number of esters is 6. The van der Waals surface area contributed by atoms with Gasteiger partial charge in [0.2, 0.25) is 18.5 Å². The predicted molar refractivity (Wildman–Crippen MR) is 146 cm³/mol. The molecule has 0 aliphatic carbocycles. The van der Waals surface area contributed by atoms with E-state index < -0.39 is 98.2 Å². The van der Waals surface area contributed by atoms with Gasteiger partial charge in [0.1, 0.15) is 32.0 Å². The van der Waals surface area contributed by atoms with Crippen molar-refractivity contribution in [1.29, 1.82) is 0 Å². The van der Waals surface area contributed by atoms with Crippen molar-refractivity contribution in [1.82, 2.24) is 0 Å². The molecule has 46 heavy (non-hydrogen) atoms. The minimum Gasteiger partial charge on any atom is -0.463 e. The van der Waals surface area contributed by atoms with E-state index in [1.807, 2.05) is 0 Å². The van der Waals surface area contributed by atoms with Crippen molar-refractivity contribution in [3.8, 4) is 11.5 Å². The molecule has 2 unspecified atom stereocenters. The van der Waals surface area contributed by atoms with Crippen LogP contribution >= 0.6 is 0 Å². The molecule has 2 heterocycles. The monoisotopic (exact) mass is 656 g/mol. The molecule has 1 aromatic carbocycles. The molecule has 1 aromatic rings. The summed E-state index contributed by atoms with van der Waals surface area (Å²) in [6.07, 6.45) is -7.84. The summed E-state index contributed by atoms with van der Waals surface area (Å²) < 4.78 is 55.5. The van der Waals surface area contributed by atoms with Crippen LogP contribution in [0.25, 0.3) is 0 Å². The molecule has 3 rings (SSSR count). The molecule has 17 nitrogen and oxygen atoms in total. The van der Waals surface area contributed by atoms with Gasteiger partial charge in [-0.05, 0) is 17.7 Å². The highest BCUT2D eigenvalue weighted by molar-refractivity contribution is 5.69. The summed E-state index contributed by atoms with van der Waals surface area (Å²) in [5.74, 6) is -6.98. The Balaban J connectivity index is 2.04. The van der Waals surface area contributed by atoms with E-state index in [9.17, 15) is 33.9 Å². The maximum absolute atomic E-state index is 12.3. The second-order valence-corrected chi connectivity index (χ2v) is 10.2. The van der Waals surface area contributed by atoms with Gasteiger partial charge >= 0.3 is 41.6 Å². The van der Waals surface area contributed by atoms with Gasteiger partial charge < -0.3 is 52.5 Å². The highest BCUT2D eigenvalue weighted by atomic mass is 16.8. The molecule has 7 atom stereocenters. The van der Waals surface area contributed by atoms with Gasteiger partial charge in [0, 0.05) is 41.5 Å². The van der Waals surface area contributed by atoms with E-state index in [-0.39, 0.29) is 18.1 Å². The van der Waals surface area contributed by atoms with Crippen LogP contribution in [-0.2, 0) is 73.3 Å². The number of aliphatic hydroxyl groups is 1. The zero-order chi connectivity index (χ0) is 34.2. The third-order valence-corrected chi connectivity index (χ3v) is 6.37. The smallest absolute Gasteiger partial charge is 0.317 e. The predicted octanol–water partition coefficient (Wildman–Crippen LogP) is 0.241. The Morgan fingerprint density at radius 2 is 1.35 bits per heavy atom. The highest BCUT2D eigenvalue weighted by Crippen LogP contribution is 2.40. The molecule has 0 radical (unpaired) electrons. The van der Waals surface area contributed by atoms with Crippen molar-refractivity contribution < 1.29 is 81.2 Å². The van der Waals surface area contributed by atoms with E-state index in [1.54, 1.807) is 0 Å². The normalized spacial score (nSPS) is 26.8. The number of rotatable bonds is 13. The lowest BCUT2D eigenvalue weighted by Gasteiger charge is -2.34. The van der Waals surface area contributed by atoms with E-state index in [0.717, 1.165) is 41.5 Å². The van der Waals surface area contributed by atoms with Crippen LogP contribution in [0.5, 0.6) is 11.5 Å². The fraction of sp³-hybridized carbons (Fsp3) is 0.586. The van der Waals surface area contributed by atoms with Crippen LogP contribution in [0.4, 0.5) is 0 Å². The van der Waals surface area contributed by atoms with Crippen LogP contribution < -0.4 is 9.47 Å². The molecule has 2 aliphatic rings. The number of aliphatic hydroxyl groups excluding tert-OH is 1. The average Bonchev–Trinajstić information content (AvgIpc) is 3.42. The van der Waals surface area contributed by atoms with Gasteiger partial charge in [-0.3, -0.25) is 28.8 Å². The highest BCUT2D eigenvalue weighted by Gasteiger charge is 2.59. The van der Waals surface area contributed by atoms with E-state index in [4.69, 9.17) is 47.4 Å². The van der Waals surface area contributed by atoms with Gasteiger partial charge in [-0.1, -0.05) is 6.07 Å². The molecule has 0 spiro atoms. The van der Waals surface area contributed by atoms with Crippen LogP contribution in [0.1, 0.15) is 47.1 Å². The molecule has 2 fully saturated rings. The van der Waals surface area contributed by atoms with Crippen molar-refractivity contribution in [2.45, 2.75) is 90.7 Å². The van der Waals surface area contributed by atoms with Gasteiger partial charge in [-0.25, -0.2) is 0 Å². The Kier molecular flexibility index (Phi) is 12.3. The summed E-state index contributed by atoms with van der Waals surface area (Å²) in [5.41, 5.74) is 0.300. The first-order chi connectivity index (χ1) is 21.6. The number of carbonyl (C=O) groups excluding carboxylic acids is 6. The average molecular weight is 657 g/mol. The molecular weight excluding hydrogens is 620 g/mol. The summed E-state index contributed by atoms with van der Waals surface area (Å²) in [5, 5.41) is 9.84. The van der Waals surface area contributed by atoms with E-state index >= 15 is 0 Å². The van der Waals surface area contributed by atoms with Gasteiger partial charge in [0.25, 0.3) is 0 Å². The minimum atomic E-state index is -2.15. The van der Waals surface area contributed by atoms with Gasteiger partial charge in [-0.15, -0.1) is 0 Å². The molecule has 0 aromatic heterocycles. The minimum absolute atomic E-state index is 0.134. The molecule has 0 saturated carbocycles. The molecule has 2 saturated heterocycles. The quantitative estimate of drug-likeness (QED) is 0.171. The Morgan fingerprint density at radius 1 is 0.761 bits per heavy atom. The standard InChI is InChI=1S/C29H36O17/c1-14(31)37-11-23-25(40-16(3)33)26(41-17(4)34)28(44-23)43-21-8-7-20(10-30)9-22(21)46-29(45-19(6)36)13-39-24(12-38-15(2)32)27(29)42-18(5)35/h7-9,23-28,30H,10-13H2,1-6H3/t23-,24-,25-,26-,27?,28-,29?/m1/s1. The van der Waals surface area contributed by atoms with Gasteiger partial charge in [0.15, 0.2) is 17.6 Å². The fourth-order valence-corrected chi connectivity index (χ4v) is 4.70. The third-order valence-electron chi connectivity index (χ3n) is 6.37. The van der Waals surface area contributed by atoms with Gasteiger partial charge in [0.05, 0.1) is 6.61 Å². The fourth-order valence-electron chi connectivity index (χ4n) is 4.70. The van der Waals surface area contributed by atoms with Crippen LogP contribution in [-0.4, -0.2) is 103 Å². The first-order valence-corrected chi connectivity index (χ1v) is 14.0. The number of hydrogen-bond acceptors (Lipinski definition) is 17. The Morgan fingerprint density at radius 3 is 1.89 bits per heavy atom. The number of carbonyl (C=O) groups is 6. The number of benzene rings is 1. The van der Waals surface area contributed by atoms with Crippen molar-refractivity contribution in [2.24, 2.45) is 0 Å². The van der Waals surface area contributed by atoms with Crippen LogP contribution in [0, 0.1) is 0 Å². The topological polar surface area (TPSA) is 215 Å². The molecule has 1 N–H and O–H groups in total. The summed E-state index contributed by atoms with van der Waals surface area (Å²) in [6.45, 7) is 4.96. The number of hydrogen-bond donors (Lipinski definition) is 1. The van der Waals surface area contributed by atoms with Crippen molar-refractivity contribution in [2.75, 3.05) is 19.8 Å². The zero-order valence-corrected chi connectivity index (χ0v) is 26.0. The Bertz CT molecular complexity index is 1310. The van der Waals surface area contributed by atoms with Crippen molar-refractivity contribution in [3.05, 3.63) is 23.8 Å². The van der Waals surface area contributed by atoms with E-state index in [1.165, 1.54) is 18.2 Å². The summed E-state index contributed by atoms with van der Waals surface area (Å²) in [4.78, 5) is 71.3. The first-order valence-electron chi connectivity index (χ1n) is 14.0. The largest absolute Gasteiger partial charge is 0.463 e. The molecule has 0 amide bonds. The molecule has 0 bridgehead atoms. The van der Waals surface area contributed by atoms with Crippen LogP contribution in [0.2, 0.25) is 0 Å². The lowest BCUT2D eigenvalue weighted by atomic mass is 10.1. The van der Waals surface area contributed by atoms with Gasteiger partial charge in [-0.2, -0.15) is 0 Å². The van der Waals surface area contributed by atoms with Crippen LogP contribution in [0.15, 0.2) is 18.2 Å². The Hall–Kier alpha value is -4.48. The second kappa shape index (κ2) is 15.7. The summed E-state index contributed by atoms with van der Waals surface area (Å²) in [7, 11) is 0. The number of ether oxygens (including phenoxy) is 10. The molecule has 2 aliphatic heterocycles. The zero-order valence-electron chi connectivity index (χ0n) is 26.0. The maximum atomic E-state index is 12.3. The first kappa shape index (κ1) is 36.0. The maximum Gasteiger partial charge on any atom is 0.317 e. The second-order valence-electron chi connectivity index (χ2n) is 10.2. The molecule has 254 valence electrons. The summed E-state index contributed by atoms with van der Waals surface area (Å²) in [6, 6.07) is 4.12. The molecular formula is C29H36O17. The Labute approximate surface area is 263 Å².